The van der Waals surface area contributed by atoms with Gasteiger partial charge in [0.25, 0.3) is 5.91 Å². The molecule has 2 rings (SSSR count). The van der Waals surface area contributed by atoms with Crippen LogP contribution in [0.25, 0.3) is 0 Å². The van der Waals surface area contributed by atoms with E-state index in [4.69, 9.17) is 27.9 Å². The number of benzene rings is 2. The second-order valence-electron chi connectivity index (χ2n) is 4.93. The first-order chi connectivity index (χ1) is 12.0. The van der Waals surface area contributed by atoms with Crippen LogP contribution in [0.4, 0.5) is 5.69 Å². The van der Waals surface area contributed by atoms with Crippen LogP contribution in [0.15, 0.2) is 41.5 Å². The number of aromatic hydroxyl groups is 1. The van der Waals surface area contributed by atoms with Crippen molar-refractivity contribution in [3.05, 3.63) is 52.0 Å². The third-order valence-corrected chi connectivity index (χ3v) is 3.58. The highest BCUT2D eigenvalue weighted by Gasteiger charge is 2.06. The minimum absolute atomic E-state index is 0.0353. The summed E-state index contributed by atoms with van der Waals surface area (Å²) >= 11 is 11.7. The van der Waals surface area contributed by atoms with E-state index in [-0.39, 0.29) is 23.2 Å². The molecular formula is C17H17Cl2N3O3. The maximum Gasteiger partial charge on any atom is 0.259 e. The van der Waals surface area contributed by atoms with Crippen LogP contribution in [0.2, 0.25) is 10.0 Å². The molecule has 8 heteroatoms. The topological polar surface area (TPSA) is 83.0 Å². The van der Waals surface area contributed by atoms with Gasteiger partial charge in [0, 0.05) is 16.3 Å². The number of carbonyl (C=O) groups is 1. The van der Waals surface area contributed by atoms with E-state index in [9.17, 15) is 9.90 Å². The third-order valence-electron chi connectivity index (χ3n) is 3.07. The zero-order valence-electron chi connectivity index (χ0n) is 13.4. The van der Waals surface area contributed by atoms with Crippen LogP contribution < -0.4 is 15.5 Å². The molecule has 0 aliphatic carbocycles. The maximum absolute atomic E-state index is 11.8. The second-order valence-corrected chi connectivity index (χ2v) is 5.77. The third kappa shape index (κ3) is 5.85. The molecule has 0 bridgehead atoms. The van der Waals surface area contributed by atoms with E-state index in [1.54, 1.807) is 0 Å². The molecule has 2 aromatic carbocycles. The lowest BCUT2D eigenvalue weighted by molar-refractivity contribution is -0.119. The summed E-state index contributed by atoms with van der Waals surface area (Å²) in [6.45, 7) is 2.54. The van der Waals surface area contributed by atoms with Crippen LogP contribution in [0.5, 0.6) is 11.5 Å². The number of anilines is 1. The molecule has 25 heavy (non-hydrogen) atoms. The Bertz CT molecular complexity index is 764. The van der Waals surface area contributed by atoms with Gasteiger partial charge in [-0.15, -0.1) is 0 Å². The molecule has 0 aliphatic heterocycles. The number of carbonyl (C=O) groups excluding carboxylic acids is 1. The van der Waals surface area contributed by atoms with Crippen LogP contribution in [0.3, 0.4) is 0 Å². The van der Waals surface area contributed by atoms with Crippen LogP contribution >= 0.6 is 23.2 Å². The zero-order valence-corrected chi connectivity index (χ0v) is 14.9. The van der Waals surface area contributed by atoms with Crippen molar-refractivity contribution in [1.82, 2.24) is 5.43 Å². The summed E-state index contributed by atoms with van der Waals surface area (Å²) in [6.07, 6.45) is 1.27. The van der Waals surface area contributed by atoms with E-state index in [0.29, 0.717) is 17.2 Å². The highest BCUT2D eigenvalue weighted by molar-refractivity contribution is 6.36. The van der Waals surface area contributed by atoms with Gasteiger partial charge in [0.1, 0.15) is 11.5 Å². The quantitative estimate of drug-likeness (QED) is 0.504. The number of hydrazone groups is 1. The van der Waals surface area contributed by atoms with Crippen LogP contribution in [0.1, 0.15) is 12.5 Å². The van der Waals surface area contributed by atoms with Gasteiger partial charge in [-0.1, -0.05) is 23.2 Å². The number of rotatable bonds is 7. The molecule has 3 N–H and O–H groups in total. The number of hydrogen-bond acceptors (Lipinski definition) is 5. The van der Waals surface area contributed by atoms with Gasteiger partial charge in [0.2, 0.25) is 0 Å². The molecule has 0 atom stereocenters. The van der Waals surface area contributed by atoms with Gasteiger partial charge in [-0.3, -0.25) is 4.79 Å². The fourth-order valence-corrected chi connectivity index (χ4v) is 2.42. The fraction of sp³-hybridized carbons (Fsp3) is 0.176. The number of nitrogens with one attached hydrogen (secondary N) is 2. The molecule has 0 fully saturated rings. The van der Waals surface area contributed by atoms with E-state index in [1.165, 1.54) is 18.3 Å². The average molecular weight is 382 g/mol. The summed E-state index contributed by atoms with van der Waals surface area (Å²) in [7, 11) is 0. The summed E-state index contributed by atoms with van der Waals surface area (Å²) in [5, 5.41) is 17.0. The zero-order chi connectivity index (χ0) is 18.2. The Morgan fingerprint density at radius 2 is 2.00 bits per heavy atom. The predicted molar refractivity (Wildman–Crippen MR) is 100.0 cm³/mol. The molecule has 0 radical (unpaired) electrons. The number of hydrogen-bond donors (Lipinski definition) is 3. The lowest BCUT2D eigenvalue weighted by Gasteiger charge is -2.07. The van der Waals surface area contributed by atoms with Crippen molar-refractivity contribution in [3.8, 4) is 11.5 Å². The smallest absolute Gasteiger partial charge is 0.259 e. The Hall–Kier alpha value is -2.44. The minimum Gasteiger partial charge on any atom is -0.506 e. The highest BCUT2D eigenvalue weighted by atomic mass is 35.5. The van der Waals surface area contributed by atoms with Gasteiger partial charge in [-0.25, -0.2) is 5.43 Å². The number of phenolic OH excluding ortho intramolecular Hbond substituents is 1. The van der Waals surface area contributed by atoms with Gasteiger partial charge in [-0.05, 0) is 43.3 Å². The van der Waals surface area contributed by atoms with E-state index in [1.807, 2.05) is 31.2 Å². The van der Waals surface area contributed by atoms with E-state index in [0.717, 1.165) is 11.4 Å². The number of ether oxygens (including phenoxy) is 1. The SMILES string of the molecule is CCOc1ccc(NCC(=O)N/N=C/c2cc(Cl)cc(Cl)c2O)cc1. The van der Waals surface area contributed by atoms with Crippen molar-refractivity contribution < 1.29 is 14.6 Å². The minimum atomic E-state index is -0.349. The number of phenols is 1. The molecule has 1 amide bonds. The standard InChI is InChI=1S/C17H17Cl2N3O3/c1-2-25-14-5-3-13(4-6-14)20-10-16(23)22-21-9-11-7-12(18)8-15(19)17(11)24/h3-9,20,24H,2,10H2,1H3,(H,22,23)/b21-9+. The number of amides is 1. The van der Waals surface area contributed by atoms with Crippen molar-refractivity contribution >= 4 is 41.0 Å². The van der Waals surface area contributed by atoms with Crippen molar-refractivity contribution in [2.24, 2.45) is 5.10 Å². The summed E-state index contributed by atoms with van der Waals surface area (Å²) in [6, 6.07) is 10.1. The monoisotopic (exact) mass is 381 g/mol. The summed E-state index contributed by atoms with van der Waals surface area (Å²) in [4.78, 5) is 11.8. The predicted octanol–water partition coefficient (Wildman–Crippen LogP) is 3.66. The van der Waals surface area contributed by atoms with Crippen LogP contribution in [-0.4, -0.2) is 30.4 Å². The van der Waals surface area contributed by atoms with Gasteiger partial charge >= 0.3 is 0 Å². The molecule has 132 valence electrons. The summed E-state index contributed by atoms with van der Waals surface area (Å²) < 4.78 is 5.34. The largest absolute Gasteiger partial charge is 0.506 e. The van der Waals surface area contributed by atoms with E-state index in [2.05, 4.69) is 15.8 Å². The Morgan fingerprint density at radius 1 is 1.28 bits per heavy atom. The van der Waals surface area contributed by atoms with Crippen molar-refractivity contribution in [2.45, 2.75) is 6.92 Å². The first-order valence-corrected chi connectivity index (χ1v) is 8.22. The van der Waals surface area contributed by atoms with E-state index < -0.39 is 0 Å². The molecule has 2 aromatic rings. The molecule has 0 unspecified atom stereocenters. The normalized spacial score (nSPS) is 10.7. The first kappa shape index (κ1) is 18.9. The second kappa shape index (κ2) is 9.15. The van der Waals surface area contributed by atoms with Gasteiger partial charge in [0.15, 0.2) is 0 Å². The fourth-order valence-electron chi connectivity index (χ4n) is 1.92. The lowest BCUT2D eigenvalue weighted by Crippen LogP contribution is -2.25. The number of nitrogens with zero attached hydrogens (tertiary/aromatic N) is 1. The van der Waals surface area contributed by atoms with Crippen molar-refractivity contribution in [1.29, 1.82) is 0 Å². The van der Waals surface area contributed by atoms with Gasteiger partial charge in [0.05, 0.1) is 24.4 Å². The molecule has 0 aromatic heterocycles. The van der Waals surface area contributed by atoms with Gasteiger partial charge in [-0.2, -0.15) is 5.10 Å². The molecule has 0 saturated carbocycles. The van der Waals surface area contributed by atoms with Crippen LogP contribution in [0, 0.1) is 0 Å². The Balaban J connectivity index is 1.84. The molecule has 0 heterocycles. The van der Waals surface area contributed by atoms with Gasteiger partial charge < -0.3 is 15.2 Å². The molecule has 0 aliphatic rings. The van der Waals surface area contributed by atoms with Crippen LogP contribution in [-0.2, 0) is 4.79 Å². The summed E-state index contributed by atoms with van der Waals surface area (Å²) in [5.41, 5.74) is 3.43. The van der Waals surface area contributed by atoms with Crippen molar-refractivity contribution in [2.75, 3.05) is 18.5 Å². The Kier molecular flexibility index (Phi) is 6.91. The lowest BCUT2D eigenvalue weighted by atomic mass is 10.2. The Labute approximate surface area is 155 Å². The molecule has 0 spiro atoms. The molecule has 0 saturated heterocycles. The molecular weight excluding hydrogens is 365 g/mol. The average Bonchev–Trinajstić information content (AvgIpc) is 2.58. The first-order valence-electron chi connectivity index (χ1n) is 7.46. The summed E-state index contributed by atoms with van der Waals surface area (Å²) in [5.74, 6) is 0.261. The Morgan fingerprint density at radius 3 is 2.68 bits per heavy atom. The maximum atomic E-state index is 11.8. The number of halogens is 2. The molecule has 6 nitrogen and oxygen atoms in total. The van der Waals surface area contributed by atoms with E-state index >= 15 is 0 Å². The highest BCUT2D eigenvalue weighted by Crippen LogP contribution is 2.29. The van der Waals surface area contributed by atoms with Crippen molar-refractivity contribution in [3.63, 3.8) is 0 Å².